The van der Waals surface area contributed by atoms with Crippen LogP contribution < -0.4 is 15.5 Å². The molecule has 1 aromatic rings. The Labute approximate surface area is 129 Å². The minimum atomic E-state index is -0.798. The van der Waals surface area contributed by atoms with Crippen LogP contribution in [0.2, 0.25) is 5.02 Å². The SMILES string of the molecule is CNC(C)c1ccc(N2CC(=O)NC(=O)C2(C)C)cc1Cl. The first-order valence-electron chi connectivity index (χ1n) is 6.86. The number of amides is 2. The average molecular weight is 310 g/mol. The lowest BCUT2D eigenvalue weighted by molar-refractivity contribution is -0.135. The quantitative estimate of drug-likeness (QED) is 0.837. The Bertz CT molecular complexity index is 586. The number of nitrogens with one attached hydrogen (secondary N) is 2. The number of rotatable bonds is 3. The number of anilines is 1. The first-order chi connectivity index (χ1) is 9.77. The molecule has 0 saturated carbocycles. The molecule has 1 aliphatic rings. The van der Waals surface area contributed by atoms with E-state index < -0.39 is 5.54 Å². The van der Waals surface area contributed by atoms with Gasteiger partial charge in [-0.3, -0.25) is 14.9 Å². The Kier molecular flexibility index (Phi) is 4.25. The van der Waals surface area contributed by atoms with Gasteiger partial charge in [-0.2, -0.15) is 0 Å². The summed E-state index contributed by atoms with van der Waals surface area (Å²) in [6.07, 6.45) is 0. The Morgan fingerprint density at radius 2 is 2.05 bits per heavy atom. The van der Waals surface area contributed by atoms with Crippen LogP contribution in [0.25, 0.3) is 0 Å². The molecule has 6 heteroatoms. The van der Waals surface area contributed by atoms with Gasteiger partial charge in [0, 0.05) is 16.8 Å². The fraction of sp³-hybridized carbons (Fsp3) is 0.467. The first kappa shape index (κ1) is 15.8. The molecule has 1 aromatic carbocycles. The molecule has 1 unspecified atom stereocenters. The summed E-state index contributed by atoms with van der Waals surface area (Å²) in [5.41, 5.74) is 0.946. The summed E-state index contributed by atoms with van der Waals surface area (Å²) in [4.78, 5) is 25.4. The molecule has 0 aromatic heterocycles. The summed E-state index contributed by atoms with van der Waals surface area (Å²) in [6.45, 7) is 5.72. The molecule has 0 spiro atoms. The molecule has 1 heterocycles. The second-order valence-electron chi connectivity index (χ2n) is 5.74. The highest BCUT2D eigenvalue weighted by molar-refractivity contribution is 6.31. The summed E-state index contributed by atoms with van der Waals surface area (Å²) >= 11 is 6.34. The van der Waals surface area contributed by atoms with Crippen LogP contribution in [0.5, 0.6) is 0 Å². The minimum Gasteiger partial charge on any atom is -0.348 e. The van der Waals surface area contributed by atoms with E-state index in [0.717, 1.165) is 11.3 Å². The number of hydrogen-bond donors (Lipinski definition) is 2. The smallest absolute Gasteiger partial charge is 0.251 e. The van der Waals surface area contributed by atoms with Crippen molar-refractivity contribution in [1.29, 1.82) is 0 Å². The van der Waals surface area contributed by atoms with E-state index in [2.05, 4.69) is 10.6 Å². The van der Waals surface area contributed by atoms with Crippen molar-refractivity contribution in [1.82, 2.24) is 10.6 Å². The maximum atomic E-state index is 12.0. The fourth-order valence-corrected chi connectivity index (χ4v) is 2.73. The van der Waals surface area contributed by atoms with Gasteiger partial charge in [0.2, 0.25) is 5.91 Å². The average Bonchev–Trinajstić information content (AvgIpc) is 2.42. The van der Waals surface area contributed by atoms with Gasteiger partial charge in [0.1, 0.15) is 5.54 Å². The number of benzene rings is 1. The summed E-state index contributed by atoms with van der Waals surface area (Å²) in [5.74, 6) is -0.606. The van der Waals surface area contributed by atoms with Crippen LogP contribution in [0.1, 0.15) is 32.4 Å². The highest BCUT2D eigenvalue weighted by atomic mass is 35.5. The van der Waals surface area contributed by atoms with Gasteiger partial charge in [-0.1, -0.05) is 17.7 Å². The van der Waals surface area contributed by atoms with Gasteiger partial charge in [-0.15, -0.1) is 0 Å². The number of hydrogen-bond acceptors (Lipinski definition) is 4. The minimum absolute atomic E-state index is 0.130. The number of carbonyl (C=O) groups is 2. The van der Waals surface area contributed by atoms with Crippen LogP contribution in [0.4, 0.5) is 5.69 Å². The Morgan fingerprint density at radius 3 is 2.62 bits per heavy atom. The van der Waals surface area contributed by atoms with E-state index in [1.54, 1.807) is 24.8 Å². The number of halogens is 1. The van der Waals surface area contributed by atoms with Gasteiger partial charge in [-0.05, 0) is 45.5 Å². The van der Waals surface area contributed by atoms with Crippen LogP contribution in [-0.2, 0) is 9.59 Å². The zero-order chi connectivity index (χ0) is 15.8. The molecule has 114 valence electrons. The summed E-state index contributed by atoms with van der Waals surface area (Å²) in [6, 6.07) is 5.75. The monoisotopic (exact) mass is 309 g/mol. The first-order valence-corrected chi connectivity index (χ1v) is 7.23. The molecule has 0 bridgehead atoms. The predicted octanol–water partition coefficient (Wildman–Crippen LogP) is 1.86. The van der Waals surface area contributed by atoms with Crippen molar-refractivity contribution < 1.29 is 9.59 Å². The second kappa shape index (κ2) is 5.66. The molecular formula is C15H20ClN3O2. The number of imide groups is 1. The van der Waals surface area contributed by atoms with E-state index in [0.29, 0.717) is 5.02 Å². The van der Waals surface area contributed by atoms with E-state index in [1.165, 1.54) is 0 Å². The molecule has 0 aliphatic carbocycles. The summed E-state index contributed by atoms with van der Waals surface area (Å²) in [5, 5.41) is 6.11. The van der Waals surface area contributed by atoms with E-state index in [4.69, 9.17) is 11.6 Å². The molecule has 2 N–H and O–H groups in total. The van der Waals surface area contributed by atoms with Crippen LogP contribution in [-0.4, -0.2) is 30.9 Å². The molecule has 2 rings (SSSR count). The van der Waals surface area contributed by atoms with Crippen LogP contribution in [0.15, 0.2) is 18.2 Å². The maximum absolute atomic E-state index is 12.0. The lowest BCUT2D eigenvalue weighted by atomic mass is 9.97. The number of piperazine rings is 1. The largest absolute Gasteiger partial charge is 0.348 e. The molecule has 2 amide bonds. The van der Waals surface area contributed by atoms with Crippen molar-refractivity contribution in [3.63, 3.8) is 0 Å². The summed E-state index contributed by atoms with van der Waals surface area (Å²) < 4.78 is 0. The van der Waals surface area contributed by atoms with Crippen molar-refractivity contribution in [2.75, 3.05) is 18.5 Å². The van der Waals surface area contributed by atoms with Gasteiger partial charge < -0.3 is 10.2 Å². The summed E-state index contributed by atoms with van der Waals surface area (Å²) in [7, 11) is 1.87. The Balaban J connectivity index is 2.39. The number of nitrogens with zero attached hydrogens (tertiary/aromatic N) is 1. The molecule has 1 fully saturated rings. The second-order valence-corrected chi connectivity index (χ2v) is 6.15. The van der Waals surface area contributed by atoms with E-state index >= 15 is 0 Å². The molecule has 1 aliphatic heterocycles. The number of carbonyl (C=O) groups excluding carboxylic acids is 2. The zero-order valence-electron chi connectivity index (χ0n) is 12.7. The van der Waals surface area contributed by atoms with Crippen molar-refractivity contribution in [2.45, 2.75) is 32.4 Å². The molecular weight excluding hydrogens is 290 g/mol. The standard InChI is InChI=1S/C15H20ClN3O2/c1-9(17-4)11-6-5-10(7-12(11)16)19-8-13(20)18-14(21)15(19,2)3/h5-7,9,17H,8H2,1-4H3,(H,18,20,21). The predicted molar refractivity (Wildman–Crippen MR) is 83.5 cm³/mol. The van der Waals surface area contributed by atoms with Gasteiger partial charge >= 0.3 is 0 Å². The van der Waals surface area contributed by atoms with Crippen LogP contribution >= 0.6 is 11.6 Å². The third kappa shape index (κ3) is 2.89. The van der Waals surface area contributed by atoms with Gasteiger partial charge in [0.25, 0.3) is 5.91 Å². The topological polar surface area (TPSA) is 61.4 Å². The van der Waals surface area contributed by atoms with Crippen molar-refractivity contribution in [3.05, 3.63) is 28.8 Å². The molecule has 0 radical (unpaired) electrons. The van der Waals surface area contributed by atoms with E-state index in [1.807, 2.05) is 26.1 Å². The molecule has 1 saturated heterocycles. The lowest BCUT2D eigenvalue weighted by Gasteiger charge is -2.42. The normalized spacial score (nSPS) is 19.4. The van der Waals surface area contributed by atoms with Gasteiger partial charge in [0.05, 0.1) is 6.54 Å². The van der Waals surface area contributed by atoms with Gasteiger partial charge in [-0.25, -0.2) is 0 Å². The fourth-order valence-electron chi connectivity index (χ4n) is 2.39. The maximum Gasteiger partial charge on any atom is 0.251 e. The zero-order valence-corrected chi connectivity index (χ0v) is 13.4. The lowest BCUT2D eigenvalue weighted by Crippen LogP contribution is -2.64. The molecule has 21 heavy (non-hydrogen) atoms. The van der Waals surface area contributed by atoms with Crippen LogP contribution in [0.3, 0.4) is 0 Å². The molecule has 5 nitrogen and oxygen atoms in total. The van der Waals surface area contributed by atoms with Gasteiger partial charge in [0.15, 0.2) is 0 Å². The van der Waals surface area contributed by atoms with Crippen molar-refractivity contribution >= 4 is 29.1 Å². The van der Waals surface area contributed by atoms with E-state index in [9.17, 15) is 9.59 Å². The highest BCUT2D eigenvalue weighted by Crippen LogP contribution is 2.32. The van der Waals surface area contributed by atoms with E-state index in [-0.39, 0.29) is 24.4 Å². The van der Waals surface area contributed by atoms with Crippen molar-refractivity contribution in [3.8, 4) is 0 Å². The Hall–Kier alpha value is -1.59. The third-order valence-electron chi connectivity index (χ3n) is 3.98. The third-order valence-corrected chi connectivity index (χ3v) is 4.31. The van der Waals surface area contributed by atoms with Crippen LogP contribution in [0, 0.1) is 0 Å². The highest BCUT2D eigenvalue weighted by Gasteiger charge is 2.41. The Morgan fingerprint density at radius 1 is 1.38 bits per heavy atom. The van der Waals surface area contributed by atoms with Crippen molar-refractivity contribution in [2.24, 2.45) is 0 Å². The molecule has 1 atom stereocenters.